The number of nitrogens with zero attached hydrogens (tertiary/aromatic N) is 8. The summed E-state index contributed by atoms with van der Waals surface area (Å²) in [5.74, 6) is -2.37. The SMILES string of the molecule is Cc1ccc2[nH]ncc2c1N1CCc2c(nc(OC[C@@H]3CCCN3C)c(C#N)c2N2CCN(C(=O)/C=C/CN3CC(F)(F)C3)CC2)C1. The van der Waals surface area contributed by atoms with E-state index in [4.69, 9.17) is 9.72 Å². The van der Waals surface area contributed by atoms with Gasteiger partial charge in [0.25, 0.3) is 5.92 Å². The van der Waals surface area contributed by atoms with E-state index in [-0.39, 0.29) is 25.0 Å². The minimum absolute atomic E-state index is 0.127. The van der Waals surface area contributed by atoms with Crippen LogP contribution >= 0.6 is 0 Å². The molecule has 0 radical (unpaired) electrons. The molecule has 248 valence electrons. The topological polar surface area (TPSA) is 108 Å². The summed E-state index contributed by atoms with van der Waals surface area (Å²) in [5, 5.41) is 19.0. The maximum atomic E-state index is 13.1. The number of aromatic nitrogens is 3. The molecule has 1 atom stereocenters. The fraction of sp³-hybridized carbons (Fsp3) is 0.529. The molecule has 2 aromatic heterocycles. The number of alkyl halides is 2. The van der Waals surface area contributed by atoms with Crippen molar-refractivity contribution < 1.29 is 18.3 Å². The summed E-state index contributed by atoms with van der Waals surface area (Å²) in [5.41, 5.74) is 6.56. The first-order valence-corrected chi connectivity index (χ1v) is 16.5. The number of pyridine rings is 1. The Morgan fingerprint density at radius 1 is 1.15 bits per heavy atom. The number of nitriles is 1. The number of carbonyl (C=O) groups is 1. The predicted molar refractivity (Wildman–Crippen MR) is 175 cm³/mol. The van der Waals surface area contributed by atoms with E-state index in [1.807, 2.05) is 12.3 Å². The first-order chi connectivity index (χ1) is 22.7. The monoisotopic (exact) mass is 645 g/mol. The number of nitrogens with one attached hydrogen (secondary N) is 1. The molecule has 0 saturated carbocycles. The largest absolute Gasteiger partial charge is 0.475 e. The van der Waals surface area contributed by atoms with E-state index in [9.17, 15) is 18.8 Å². The number of likely N-dealkylation sites (N-methyl/N-ethyl adjacent to an activating group) is 1. The first kappa shape index (κ1) is 31.3. The Kier molecular flexibility index (Phi) is 8.48. The van der Waals surface area contributed by atoms with Gasteiger partial charge in [0.2, 0.25) is 11.8 Å². The average molecular weight is 646 g/mol. The normalized spacial score (nSPS) is 21.7. The highest BCUT2D eigenvalue weighted by Crippen LogP contribution is 2.40. The summed E-state index contributed by atoms with van der Waals surface area (Å²) in [4.78, 5) is 28.2. The van der Waals surface area contributed by atoms with Crippen molar-refractivity contribution in [1.29, 1.82) is 5.26 Å². The highest BCUT2D eigenvalue weighted by Gasteiger charge is 2.43. The second kappa shape index (κ2) is 12.7. The highest BCUT2D eigenvalue weighted by atomic mass is 19.3. The zero-order valence-corrected chi connectivity index (χ0v) is 27.0. The summed E-state index contributed by atoms with van der Waals surface area (Å²) in [6.07, 6.45) is 7.91. The van der Waals surface area contributed by atoms with E-state index in [2.05, 4.69) is 51.0 Å². The standard InChI is InChI=1S/C34H41F2N9O2/c1-23-7-8-28-27(18-38-40-28)31(23)45-12-9-25-29(19-45)39-33(47-20-24-5-3-10-41(24)2)26(17-37)32(25)44-15-13-43(14-16-44)30(46)6-4-11-42-21-34(35,36)22-42/h4,6-8,18,24H,3,5,9-16,19-22H2,1-2H3,(H,38,40)/b6-4+/t24-/m0/s1. The molecular formula is C34H41F2N9O2. The number of aryl methyl sites for hydroxylation is 1. The number of anilines is 2. The zero-order valence-electron chi connectivity index (χ0n) is 27.0. The zero-order chi connectivity index (χ0) is 32.7. The molecule has 11 nitrogen and oxygen atoms in total. The van der Waals surface area contributed by atoms with Crippen LogP contribution in [0.4, 0.5) is 20.2 Å². The van der Waals surface area contributed by atoms with Gasteiger partial charge in [0.1, 0.15) is 18.2 Å². The Bertz CT molecular complexity index is 1720. The third-order valence-corrected chi connectivity index (χ3v) is 10.0. The van der Waals surface area contributed by atoms with Gasteiger partial charge in [-0.3, -0.25) is 14.8 Å². The minimum atomic E-state index is -2.62. The van der Waals surface area contributed by atoms with Gasteiger partial charge in [-0.25, -0.2) is 13.8 Å². The summed E-state index contributed by atoms with van der Waals surface area (Å²) >= 11 is 0. The number of hydrogen-bond acceptors (Lipinski definition) is 9. The lowest BCUT2D eigenvalue weighted by Crippen LogP contribution is -2.55. The van der Waals surface area contributed by atoms with E-state index in [1.165, 1.54) is 6.08 Å². The van der Waals surface area contributed by atoms with E-state index in [0.29, 0.717) is 63.7 Å². The van der Waals surface area contributed by atoms with Crippen molar-refractivity contribution in [1.82, 2.24) is 29.9 Å². The Morgan fingerprint density at radius 2 is 1.96 bits per heavy atom. The van der Waals surface area contributed by atoms with Crippen LogP contribution in [0.1, 0.15) is 35.2 Å². The predicted octanol–water partition coefficient (Wildman–Crippen LogP) is 3.33. The van der Waals surface area contributed by atoms with Gasteiger partial charge in [-0.05, 0) is 51.4 Å². The second-order valence-corrected chi connectivity index (χ2v) is 13.2. The fourth-order valence-electron chi connectivity index (χ4n) is 7.47. The third kappa shape index (κ3) is 6.24. The molecule has 13 heteroatoms. The van der Waals surface area contributed by atoms with Crippen LogP contribution < -0.4 is 14.5 Å². The first-order valence-electron chi connectivity index (χ1n) is 16.5. The summed E-state index contributed by atoms with van der Waals surface area (Å²) in [6.45, 7) is 6.86. The van der Waals surface area contributed by atoms with Crippen LogP contribution in [0.5, 0.6) is 5.88 Å². The van der Waals surface area contributed by atoms with Crippen molar-refractivity contribution in [3.63, 3.8) is 0 Å². The molecule has 1 aromatic carbocycles. The number of H-pyrrole nitrogens is 1. The molecule has 4 aliphatic heterocycles. The molecule has 0 unspecified atom stereocenters. The summed E-state index contributed by atoms with van der Waals surface area (Å²) in [7, 11) is 2.11. The van der Waals surface area contributed by atoms with E-state index < -0.39 is 5.92 Å². The summed E-state index contributed by atoms with van der Waals surface area (Å²) < 4.78 is 32.6. The Hall–Kier alpha value is -4.28. The minimum Gasteiger partial charge on any atom is -0.475 e. The molecule has 0 bridgehead atoms. The molecule has 3 aromatic rings. The number of amides is 1. The molecule has 4 aliphatic rings. The fourth-order valence-corrected chi connectivity index (χ4v) is 7.47. The van der Waals surface area contributed by atoms with Crippen molar-refractivity contribution in [2.45, 2.75) is 44.7 Å². The van der Waals surface area contributed by atoms with E-state index in [1.54, 1.807) is 15.9 Å². The summed E-state index contributed by atoms with van der Waals surface area (Å²) in [6, 6.07) is 6.88. The van der Waals surface area contributed by atoms with Crippen LogP contribution in [0.15, 0.2) is 30.5 Å². The molecule has 0 spiro atoms. The Morgan fingerprint density at radius 3 is 2.68 bits per heavy atom. The van der Waals surface area contributed by atoms with Gasteiger partial charge in [-0.15, -0.1) is 0 Å². The van der Waals surface area contributed by atoms with Crippen molar-refractivity contribution >= 4 is 28.2 Å². The smallest absolute Gasteiger partial charge is 0.272 e. The molecule has 3 saturated heterocycles. The van der Waals surface area contributed by atoms with Crippen LogP contribution in [0, 0.1) is 18.3 Å². The number of ether oxygens (including phenoxy) is 1. The van der Waals surface area contributed by atoms with Gasteiger partial charge >= 0.3 is 0 Å². The van der Waals surface area contributed by atoms with Gasteiger partial charge in [-0.2, -0.15) is 10.4 Å². The number of carbonyl (C=O) groups excluding carboxylic acids is 1. The molecule has 7 rings (SSSR count). The third-order valence-electron chi connectivity index (χ3n) is 10.0. The highest BCUT2D eigenvalue weighted by molar-refractivity contribution is 5.93. The molecule has 0 aliphatic carbocycles. The molecule has 3 fully saturated rings. The lowest BCUT2D eigenvalue weighted by Gasteiger charge is -2.39. The number of likely N-dealkylation sites (tertiary alicyclic amines) is 2. The quantitative estimate of drug-likeness (QED) is 0.369. The number of rotatable bonds is 8. The lowest BCUT2D eigenvalue weighted by atomic mass is 9.97. The van der Waals surface area contributed by atoms with Gasteiger partial charge in [-0.1, -0.05) is 12.1 Å². The van der Waals surface area contributed by atoms with Gasteiger partial charge < -0.3 is 24.3 Å². The molecule has 6 heterocycles. The van der Waals surface area contributed by atoms with E-state index >= 15 is 0 Å². The van der Waals surface area contributed by atoms with Crippen LogP contribution in [0.2, 0.25) is 0 Å². The van der Waals surface area contributed by atoms with Crippen LogP contribution in [-0.4, -0.2) is 120 Å². The van der Waals surface area contributed by atoms with Gasteiger partial charge in [0.15, 0.2) is 0 Å². The number of hydrogen-bond donors (Lipinski definition) is 1. The Labute approximate surface area is 273 Å². The molecule has 1 amide bonds. The van der Waals surface area contributed by atoms with Crippen molar-refractivity contribution in [2.75, 3.05) is 82.4 Å². The maximum absolute atomic E-state index is 13.1. The average Bonchev–Trinajstić information content (AvgIpc) is 3.70. The van der Waals surface area contributed by atoms with Crippen molar-refractivity contribution in [3.05, 3.63) is 52.9 Å². The lowest BCUT2D eigenvalue weighted by molar-refractivity contribution is -0.127. The second-order valence-electron chi connectivity index (χ2n) is 13.2. The molecule has 47 heavy (non-hydrogen) atoms. The number of piperazine rings is 1. The van der Waals surface area contributed by atoms with Crippen LogP contribution in [0.25, 0.3) is 10.9 Å². The van der Waals surface area contributed by atoms with Crippen molar-refractivity contribution in [2.24, 2.45) is 0 Å². The number of aromatic amines is 1. The maximum Gasteiger partial charge on any atom is 0.272 e. The number of fused-ring (bicyclic) bond motifs is 2. The van der Waals surface area contributed by atoms with Gasteiger partial charge in [0, 0.05) is 62.3 Å². The van der Waals surface area contributed by atoms with Crippen LogP contribution in [-0.2, 0) is 17.8 Å². The molecule has 1 N–H and O–H groups in total. The number of halogens is 2. The van der Waals surface area contributed by atoms with E-state index in [0.717, 1.165) is 65.0 Å². The van der Waals surface area contributed by atoms with Crippen LogP contribution in [0.3, 0.4) is 0 Å². The molecular weight excluding hydrogens is 604 g/mol. The number of benzene rings is 1. The van der Waals surface area contributed by atoms with Gasteiger partial charge in [0.05, 0.1) is 48.4 Å². The van der Waals surface area contributed by atoms with Crippen molar-refractivity contribution in [3.8, 4) is 11.9 Å². The Balaban J connectivity index is 1.13.